The Morgan fingerprint density at radius 2 is 1.74 bits per heavy atom. The summed E-state index contributed by atoms with van der Waals surface area (Å²) in [4.78, 5) is 4.68. The molecule has 3 aromatic carbocycles. The second-order valence-electron chi connectivity index (χ2n) is 6.08. The van der Waals surface area contributed by atoms with Crippen LogP contribution in [-0.2, 0) is 13.2 Å². The lowest BCUT2D eigenvalue weighted by molar-refractivity contribution is 0.291. The standard InChI is InChI=1S/C21H15Cl2FN2O/c22-15-6-9-17(10-7-15)27-13-21-25-19-3-1-2-4-20(19)26(21)12-14-5-8-16(24)11-18(14)23/h1-11H,12-13H2. The first-order valence-electron chi connectivity index (χ1n) is 8.36. The van der Waals surface area contributed by atoms with Gasteiger partial charge < -0.3 is 9.30 Å². The van der Waals surface area contributed by atoms with E-state index in [0.717, 1.165) is 22.4 Å². The van der Waals surface area contributed by atoms with Crippen molar-refractivity contribution in [1.29, 1.82) is 0 Å². The van der Waals surface area contributed by atoms with Gasteiger partial charge in [0.1, 0.15) is 24.0 Å². The van der Waals surface area contributed by atoms with Crippen molar-refractivity contribution in [3.8, 4) is 5.75 Å². The predicted molar refractivity (Wildman–Crippen MR) is 106 cm³/mol. The molecule has 0 N–H and O–H groups in total. The van der Waals surface area contributed by atoms with Crippen LogP contribution in [0.2, 0.25) is 10.0 Å². The molecule has 4 rings (SSSR count). The summed E-state index contributed by atoms with van der Waals surface area (Å²) in [5.74, 6) is 1.11. The van der Waals surface area contributed by atoms with Gasteiger partial charge in [0, 0.05) is 10.0 Å². The highest BCUT2D eigenvalue weighted by Gasteiger charge is 2.13. The van der Waals surface area contributed by atoms with Gasteiger partial charge in [-0.3, -0.25) is 0 Å². The summed E-state index contributed by atoms with van der Waals surface area (Å²) >= 11 is 12.1. The third-order valence-electron chi connectivity index (χ3n) is 4.26. The molecule has 1 aromatic heterocycles. The van der Waals surface area contributed by atoms with Gasteiger partial charge in [-0.1, -0.05) is 41.4 Å². The highest BCUT2D eigenvalue weighted by atomic mass is 35.5. The van der Waals surface area contributed by atoms with Crippen LogP contribution in [-0.4, -0.2) is 9.55 Å². The van der Waals surface area contributed by atoms with Crippen LogP contribution < -0.4 is 4.74 Å². The van der Waals surface area contributed by atoms with Gasteiger partial charge in [0.2, 0.25) is 0 Å². The lowest BCUT2D eigenvalue weighted by atomic mass is 10.2. The molecule has 0 aliphatic carbocycles. The van der Waals surface area contributed by atoms with Crippen molar-refractivity contribution in [2.45, 2.75) is 13.2 Å². The summed E-state index contributed by atoms with van der Waals surface area (Å²) in [6, 6.07) is 19.4. The van der Waals surface area contributed by atoms with Crippen LogP contribution in [0.15, 0.2) is 66.7 Å². The number of imidazole rings is 1. The van der Waals surface area contributed by atoms with E-state index in [1.54, 1.807) is 18.2 Å². The Labute approximate surface area is 165 Å². The Balaban J connectivity index is 1.67. The van der Waals surface area contributed by atoms with Crippen LogP contribution in [0.5, 0.6) is 5.75 Å². The van der Waals surface area contributed by atoms with Gasteiger partial charge >= 0.3 is 0 Å². The highest BCUT2D eigenvalue weighted by Crippen LogP contribution is 2.24. The summed E-state index contributed by atoms with van der Waals surface area (Å²) in [7, 11) is 0. The topological polar surface area (TPSA) is 27.1 Å². The maximum atomic E-state index is 13.4. The molecule has 0 unspecified atom stereocenters. The number of ether oxygens (including phenoxy) is 1. The number of aromatic nitrogens is 2. The Morgan fingerprint density at radius 1 is 0.963 bits per heavy atom. The molecule has 0 fully saturated rings. The Morgan fingerprint density at radius 3 is 2.52 bits per heavy atom. The molecule has 1 heterocycles. The number of halogens is 3. The van der Waals surface area contributed by atoms with Crippen LogP contribution in [0.1, 0.15) is 11.4 Å². The molecule has 0 aliphatic heterocycles. The lowest BCUT2D eigenvalue weighted by Gasteiger charge is -2.12. The molecule has 0 spiro atoms. The smallest absolute Gasteiger partial charge is 0.148 e. The maximum Gasteiger partial charge on any atom is 0.148 e. The van der Waals surface area contributed by atoms with Crippen molar-refractivity contribution in [3.05, 3.63) is 94.0 Å². The Hall–Kier alpha value is -2.56. The van der Waals surface area contributed by atoms with Crippen LogP contribution >= 0.6 is 23.2 Å². The van der Waals surface area contributed by atoms with Crippen molar-refractivity contribution in [3.63, 3.8) is 0 Å². The largest absolute Gasteiger partial charge is 0.486 e. The first kappa shape index (κ1) is 17.8. The van der Waals surface area contributed by atoms with E-state index < -0.39 is 0 Å². The SMILES string of the molecule is Fc1ccc(Cn2c(COc3ccc(Cl)cc3)nc3ccccc32)c(Cl)c1. The third-order valence-corrected chi connectivity index (χ3v) is 4.86. The lowest BCUT2D eigenvalue weighted by Crippen LogP contribution is -2.09. The van der Waals surface area contributed by atoms with Gasteiger partial charge in [0.15, 0.2) is 0 Å². The van der Waals surface area contributed by atoms with E-state index in [2.05, 4.69) is 4.98 Å². The first-order chi connectivity index (χ1) is 13.1. The molecule has 6 heteroatoms. The number of nitrogens with zero attached hydrogens (tertiary/aromatic N) is 2. The normalized spacial score (nSPS) is 11.1. The summed E-state index contributed by atoms with van der Waals surface area (Å²) in [5, 5.41) is 1.04. The zero-order valence-corrected chi connectivity index (χ0v) is 15.7. The van der Waals surface area contributed by atoms with Crippen LogP contribution in [0.4, 0.5) is 4.39 Å². The summed E-state index contributed by atoms with van der Waals surface area (Å²) < 4.78 is 21.3. The van der Waals surface area contributed by atoms with Crippen LogP contribution in [0.3, 0.4) is 0 Å². The van der Waals surface area contributed by atoms with E-state index in [0.29, 0.717) is 22.3 Å². The minimum atomic E-state index is -0.356. The molecule has 0 radical (unpaired) electrons. The molecule has 27 heavy (non-hydrogen) atoms. The van der Waals surface area contributed by atoms with Gasteiger partial charge in [0.05, 0.1) is 17.6 Å². The van der Waals surface area contributed by atoms with Crippen molar-refractivity contribution in [1.82, 2.24) is 9.55 Å². The highest BCUT2D eigenvalue weighted by molar-refractivity contribution is 6.31. The van der Waals surface area contributed by atoms with Crippen molar-refractivity contribution < 1.29 is 9.13 Å². The fourth-order valence-electron chi connectivity index (χ4n) is 2.91. The fourth-order valence-corrected chi connectivity index (χ4v) is 3.26. The van der Waals surface area contributed by atoms with Gasteiger partial charge in [-0.05, 0) is 54.1 Å². The minimum absolute atomic E-state index is 0.287. The fraction of sp³-hybridized carbons (Fsp3) is 0.0952. The molecule has 0 bridgehead atoms. The van der Waals surface area contributed by atoms with Crippen molar-refractivity contribution >= 4 is 34.2 Å². The number of hydrogen-bond acceptors (Lipinski definition) is 2. The zero-order valence-electron chi connectivity index (χ0n) is 14.2. The van der Waals surface area contributed by atoms with Gasteiger partial charge in [-0.25, -0.2) is 9.37 Å². The molecule has 0 saturated carbocycles. The minimum Gasteiger partial charge on any atom is -0.486 e. The molecular weight excluding hydrogens is 386 g/mol. The number of benzene rings is 3. The maximum absolute atomic E-state index is 13.4. The molecule has 3 nitrogen and oxygen atoms in total. The second kappa shape index (κ2) is 7.59. The Kier molecular flexibility index (Phi) is 5.01. The number of para-hydroxylation sites is 2. The molecule has 136 valence electrons. The predicted octanol–water partition coefficient (Wildman–Crippen LogP) is 6.11. The average molecular weight is 401 g/mol. The van der Waals surface area contributed by atoms with Crippen molar-refractivity contribution in [2.75, 3.05) is 0 Å². The first-order valence-corrected chi connectivity index (χ1v) is 9.12. The summed E-state index contributed by atoms with van der Waals surface area (Å²) in [6.45, 7) is 0.758. The van der Waals surface area contributed by atoms with E-state index in [1.165, 1.54) is 12.1 Å². The van der Waals surface area contributed by atoms with Gasteiger partial charge in [-0.15, -0.1) is 0 Å². The van der Waals surface area contributed by atoms with E-state index >= 15 is 0 Å². The van der Waals surface area contributed by atoms with E-state index in [4.69, 9.17) is 27.9 Å². The Bertz CT molecular complexity index is 1090. The van der Waals surface area contributed by atoms with Crippen molar-refractivity contribution in [2.24, 2.45) is 0 Å². The summed E-state index contributed by atoms with van der Waals surface area (Å²) in [5.41, 5.74) is 2.65. The number of rotatable bonds is 5. The average Bonchev–Trinajstić information content (AvgIpc) is 3.01. The van der Waals surface area contributed by atoms with Crippen LogP contribution in [0, 0.1) is 5.82 Å². The quantitative estimate of drug-likeness (QED) is 0.404. The third kappa shape index (κ3) is 3.92. The zero-order chi connectivity index (χ0) is 18.8. The molecule has 0 amide bonds. The molecule has 4 aromatic rings. The van der Waals surface area contributed by atoms with E-state index in [9.17, 15) is 4.39 Å². The van der Waals surface area contributed by atoms with Gasteiger partial charge in [0.25, 0.3) is 0 Å². The monoisotopic (exact) mass is 400 g/mol. The summed E-state index contributed by atoms with van der Waals surface area (Å²) in [6.07, 6.45) is 0. The number of fused-ring (bicyclic) bond motifs is 1. The van der Waals surface area contributed by atoms with E-state index in [1.807, 2.05) is 41.0 Å². The molecular formula is C21H15Cl2FN2O. The number of hydrogen-bond donors (Lipinski definition) is 0. The van der Waals surface area contributed by atoms with Crippen LogP contribution in [0.25, 0.3) is 11.0 Å². The molecule has 0 saturated heterocycles. The molecule has 0 aliphatic rings. The second-order valence-corrected chi connectivity index (χ2v) is 6.92. The van der Waals surface area contributed by atoms with E-state index in [-0.39, 0.29) is 12.4 Å². The molecule has 0 atom stereocenters. The van der Waals surface area contributed by atoms with Gasteiger partial charge in [-0.2, -0.15) is 0 Å².